The number of hydrogen-bond donors (Lipinski definition) is 1. The molecule has 6 heteroatoms. The minimum atomic E-state index is -0.476. The first-order chi connectivity index (χ1) is 12.5. The van der Waals surface area contributed by atoms with Crippen molar-refractivity contribution in [3.63, 3.8) is 0 Å². The van der Waals surface area contributed by atoms with E-state index in [0.717, 1.165) is 32.1 Å². The van der Waals surface area contributed by atoms with Crippen LogP contribution in [0.5, 0.6) is 0 Å². The standard InChI is InChI=1S/C21H40ClNO4/c1-15(9-10-26-20(25)14-23)11-18(4)17(3)8-7-16(2)12-21(5,6)27-19(24)13-22/h15-18H,7-14,23H2,1-6H3/t15?,16-,17-,18-/m0/s1. The molecule has 0 aromatic carbocycles. The van der Waals surface area contributed by atoms with Gasteiger partial charge in [0, 0.05) is 0 Å². The van der Waals surface area contributed by atoms with Crippen LogP contribution in [-0.4, -0.2) is 36.6 Å². The van der Waals surface area contributed by atoms with Crippen molar-refractivity contribution in [1.29, 1.82) is 0 Å². The molecular formula is C21H40ClNO4. The van der Waals surface area contributed by atoms with Gasteiger partial charge >= 0.3 is 11.9 Å². The SMILES string of the molecule is CC(CCOC(=O)CN)C[C@H](C)[C@@H](C)CC[C@H](C)CC(C)(C)OC(=O)CCl. The topological polar surface area (TPSA) is 78.6 Å². The molecule has 0 amide bonds. The number of hydrogen-bond acceptors (Lipinski definition) is 5. The first-order valence-electron chi connectivity index (χ1n) is 10.1. The number of carbonyl (C=O) groups is 2. The van der Waals surface area contributed by atoms with E-state index in [-0.39, 0.29) is 24.4 Å². The molecule has 0 saturated carbocycles. The fourth-order valence-electron chi connectivity index (χ4n) is 3.57. The lowest BCUT2D eigenvalue weighted by Crippen LogP contribution is -2.31. The van der Waals surface area contributed by atoms with Crippen LogP contribution in [0.15, 0.2) is 0 Å². The first kappa shape index (κ1) is 26.2. The summed E-state index contributed by atoms with van der Waals surface area (Å²) in [4.78, 5) is 22.5. The Bertz CT molecular complexity index is 442. The monoisotopic (exact) mass is 405 g/mol. The van der Waals surface area contributed by atoms with E-state index in [1.165, 1.54) is 0 Å². The lowest BCUT2D eigenvalue weighted by molar-refractivity contribution is -0.154. The molecule has 0 aliphatic rings. The molecule has 27 heavy (non-hydrogen) atoms. The van der Waals surface area contributed by atoms with Gasteiger partial charge in [0.05, 0.1) is 13.2 Å². The molecular weight excluding hydrogens is 366 g/mol. The molecule has 0 fully saturated rings. The van der Waals surface area contributed by atoms with Gasteiger partial charge in [-0.2, -0.15) is 0 Å². The number of halogens is 1. The summed E-state index contributed by atoms with van der Waals surface area (Å²) in [5.41, 5.74) is 4.75. The molecule has 2 N–H and O–H groups in total. The largest absolute Gasteiger partial charge is 0.465 e. The fourth-order valence-corrected chi connectivity index (χ4v) is 3.62. The molecule has 0 aromatic rings. The van der Waals surface area contributed by atoms with Crippen LogP contribution in [0.3, 0.4) is 0 Å². The second-order valence-corrected chi connectivity index (χ2v) is 9.03. The van der Waals surface area contributed by atoms with Crippen molar-refractivity contribution in [2.45, 2.75) is 79.2 Å². The smallest absolute Gasteiger partial charge is 0.321 e. The van der Waals surface area contributed by atoms with Crippen LogP contribution in [-0.2, 0) is 19.1 Å². The molecule has 0 aliphatic heterocycles. The summed E-state index contributed by atoms with van der Waals surface area (Å²) < 4.78 is 10.5. The zero-order chi connectivity index (χ0) is 21.0. The van der Waals surface area contributed by atoms with E-state index in [9.17, 15) is 9.59 Å². The van der Waals surface area contributed by atoms with E-state index >= 15 is 0 Å². The maximum Gasteiger partial charge on any atom is 0.321 e. The van der Waals surface area contributed by atoms with Gasteiger partial charge in [-0.05, 0) is 56.8 Å². The summed E-state index contributed by atoms with van der Waals surface area (Å²) in [6.45, 7) is 13.3. The molecule has 0 aliphatic carbocycles. The molecule has 1 unspecified atom stereocenters. The fraction of sp³-hybridized carbons (Fsp3) is 0.905. The average Bonchev–Trinajstić information content (AvgIpc) is 2.58. The highest BCUT2D eigenvalue weighted by Crippen LogP contribution is 2.29. The lowest BCUT2D eigenvalue weighted by Gasteiger charge is -2.29. The Labute approximate surface area is 170 Å². The Hall–Kier alpha value is -0.810. The van der Waals surface area contributed by atoms with E-state index in [2.05, 4.69) is 27.7 Å². The van der Waals surface area contributed by atoms with Gasteiger partial charge in [-0.1, -0.05) is 40.5 Å². The molecule has 0 aromatic heterocycles. The molecule has 0 heterocycles. The van der Waals surface area contributed by atoms with Gasteiger partial charge in [-0.3, -0.25) is 9.59 Å². The molecule has 0 saturated heterocycles. The van der Waals surface area contributed by atoms with Crippen LogP contribution >= 0.6 is 11.6 Å². The van der Waals surface area contributed by atoms with E-state index in [0.29, 0.717) is 30.3 Å². The zero-order valence-electron chi connectivity index (χ0n) is 18.1. The van der Waals surface area contributed by atoms with Crippen LogP contribution in [0.25, 0.3) is 0 Å². The summed E-state index contributed by atoms with van der Waals surface area (Å²) in [5.74, 6) is 1.43. The highest BCUT2D eigenvalue weighted by Gasteiger charge is 2.26. The van der Waals surface area contributed by atoms with Crippen molar-refractivity contribution in [2.75, 3.05) is 19.0 Å². The Balaban J connectivity index is 4.15. The molecule has 5 nitrogen and oxygen atoms in total. The molecule has 0 spiro atoms. The minimum Gasteiger partial charge on any atom is -0.465 e. The van der Waals surface area contributed by atoms with Gasteiger partial charge in [0.25, 0.3) is 0 Å². The molecule has 0 bridgehead atoms. The van der Waals surface area contributed by atoms with Crippen molar-refractivity contribution in [2.24, 2.45) is 29.4 Å². The van der Waals surface area contributed by atoms with Crippen LogP contribution in [0, 0.1) is 23.7 Å². The number of esters is 2. The quantitative estimate of drug-likeness (QED) is 0.339. The van der Waals surface area contributed by atoms with Crippen LogP contribution in [0.4, 0.5) is 0 Å². The number of rotatable bonds is 14. The highest BCUT2D eigenvalue weighted by atomic mass is 35.5. The van der Waals surface area contributed by atoms with Crippen LogP contribution in [0.2, 0.25) is 0 Å². The molecule has 0 rings (SSSR count). The third-order valence-corrected chi connectivity index (χ3v) is 5.46. The molecule has 160 valence electrons. The van der Waals surface area contributed by atoms with Gasteiger partial charge < -0.3 is 15.2 Å². The lowest BCUT2D eigenvalue weighted by atomic mass is 9.81. The second kappa shape index (κ2) is 13.4. The van der Waals surface area contributed by atoms with Crippen molar-refractivity contribution >= 4 is 23.5 Å². The van der Waals surface area contributed by atoms with E-state index in [1.54, 1.807) is 0 Å². The first-order valence-corrected chi connectivity index (χ1v) is 10.7. The Morgan fingerprint density at radius 1 is 0.963 bits per heavy atom. The Kier molecular flexibility index (Phi) is 13.0. The number of ether oxygens (including phenoxy) is 2. The minimum absolute atomic E-state index is 0.0537. The third kappa shape index (κ3) is 13.1. The van der Waals surface area contributed by atoms with Crippen molar-refractivity contribution in [1.82, 2.24) is 0 Å². The summed E-state index contributed by atoms with van der Waals surface area (Å²) >= 11 is 5.52. The predicted molar refractivity (Wildman–Crippen MR) is 111 cm³/mol. The maximum atomic E-state index is 11.4. The van der Waals surface area contributed by atoms with Gasteiger partial charge in [-0.25, -0.2) is 0 Å². The van der Waals surface area contributed by atoms with Crippen LogP contribution in [0.1, 0.15) is 73.6 Å². The van der Waals surface area contributed by atoms with Gasteiger partial charge in [-0.15, -0.1) is 11.6 Å². The normalized spacial score (nSPS) is 16.3. The van der Waals surface area contributed by atoms with Crippen molar-refractivity contribution in [3.05, 3.63) is 0 Å². The Morgan fingerprint density at radius 3 is 2.15 bits per heavy atom. The van der Waals surface area contributed by atoms with Crippen molar-refractivity contribution < 1.29 is 19.1 Å². The van der Waals surface area contributed by atoms with E-state index < -0.39 is 5.60 Å². The van der Waals surface area contributed by atoms with Gasteiger partial charge in [0.2, 0.25) is 0 Å². The number of alkyl halides is 1. The number of nitrogens with two attached hydrogens (primary N) is 1. The van der Waals surface area contributed by atoms with Crippen LogP contribution < -0.4 is 5.73 Å². The molecule has 0 radical (unpaired) electrons. The second-order valence-electron chi connectivity index (χ2n) is 8.76. The van der Waals surface area contributed by atoms with E-state index in [1.807, 2.05) is 13.8 Å². The molecule has 4 atom stereocenters. The number of carbonyl (C=O) groups excluding carboxylic acids is 2. The highest BCUT2D eigenvalue weighted by molar-refractivity contribution is 6.26. The third-order valence-electron chi connectivity index (χ3n) is 5.24. The average molecular weight is 406 g/mol. The Morgan fingerprint density at radius 2 is 1.59 bits per heavy atom. The van der Waals surface area contributed by atoms with Crippen molar-refractivity contribution in [3.8, 4) is 0 Å². The maximum absolute atomic E-state index is 11.4. The summed E-state index contributed by atoms with van der Waals surface area (Å²) in [6.07, 6.45) is 5.08. The summed E-state index contributed by atoms with van der Waals surface area (Å²) in [5, 5.41) is 0. The zero-order valence-corrected chi connectivity index (χ0v) is 18.8. The van der Waals surface area contributed by atoms with Gasteiger partial charge in [0.15, 0.2) is 0 Å². The van der Waals surface area contributed by atoms with Gasteiger partial charge in [0.1, 0.15) is 11.5 Å². The predicted octanol–water partition coefficient (Wildman–Crippen LogP) is 4.54. The van der Waals surface area contributed by atoms with E-state index in [4.69, 9.17) is 26.8 Å². The summed E-state index contributed by atoms with van der Waals surface area (Å²) in [6, 6.07) is 0. The summed E-state index contributed by atoms with van der Waals surface area (Å²) in [7, 11) is 0.